The van der Waals surface area contributed by atoms with Crippen molar-refractivity contribution in [3.05, 3.63) is 45.3 Å². The van der Waals surface area contributed by atoms with Crippen molar-refractivity contribution in [1.29, 1.82) is 0 Å². The van der Waals surface area contributed by atoms with Gasteiger partial charge in [-0.3, -0.25) is 9.69 Å². The topological polar surface area (TPSA) is 61.9 Å². The van der Waals surface area contributed by atoms with E-state index in [9.17, 15) is 9.59 Å². The first-order valence-corrected chi connectivity index (χ1v) is 10.3. The van der Waals surface area contributed by atoms with Gasteiger partial charge in [0.1, 0.15) is 5.00 Å². The normalized spacial score (nSPS) is 14.8. The van der Waals surface area contributed by atoms with Crippen molar-refractivity contribution in [3.8, 4) is 0 Å². The number of aryl methyl sites for hydroxylation is 2. The van der Waals surface area contributed by atoms with Gasteiger partial charge in [-0.2, -0.15) is 0 Å². The molecule has 0 atom stereocenters. The van der Waals surface area contributed by atoms with E-state index >= 15 is 0 Å². The third-order valence-corrected chi connectivity index (χ3v) is 5.97. The standard InChI is InChI=1S/C20H24ClN3O3S/c1-13-4-5-15(21)11-17(13)24-8-6-23(7-9-24)12-18(25)22-19-16(20(26)27-3)10-14(2)28-19/h4-5,10-11H,6-9,12H2,1-3H3,(H,22,25). The smallest absolute Gasteiger partial charge is 0.340 e. The van der Waals surface area contributed by atoms with Gasteiger partial charge in [-0.25, -0.2) is 4.79 Å². The molecule has 6 nitrogen and oxygen atoms in total. The maximum atomic E-state index is 12.5. The number of halogens is 1. The molecule has 0 aliphatic carbocycles. The minimum Gasteiger partial charge on any atom is -0.465 e. The van der Waals surface area contributed by atoms with E-state index < -0.39 is 5.97 Å². The van der Waals surface area contributed by atoms with Gasteiger partial charge in [-0.05, 0) is 37.6 Å². The average Bonchev–Trinajstić information content (AvgIpc) is 3.03. The second-order valence-electron chi connectivity index (χ2n) is 6.83. The van der Waals surface area contributed by atoms with E-state index in [1.165, 1.54) is 24.0 Å². The summed E-state index contributed by atoms with van der Waals surface area (Å²) in [4.78, 5) is 29.7. The van der Waals surface area contributed by atoms with E-state index in [1.54, 1.807) is 6.07 Å². The number of nitrogens with one attached hydrogen (secondary N) is 1. The lowest BCUT2D eigenvalue weighted by Crippen LogP contribution is -2.48. The second-order valence-corrected chi connectivity index (χ2v) is 8.53. The van der Waals surface area contributed by atoms with Crippen molar-refractivity contribution in [2.45, 2.75) is 13.8 Å². The van der Waals surface area contributed by atoms with Crippen LogP contribution in [0.1, 0.15) is 20.8 Å². The van der Waals surface area contributed by atoms with Gasteiger partial charge >= 0.3 is 5.97 Å². The summed E-state index contributed by atoms with van der Waals surface area (Å²) >= 11 is 7.51. The molecule has 1 saturated heterocycles. The fourth-order valence-corrected chi connectivity index (χ4v) is 4.39. The molecule has 2 aromatic rings. The van der Waals surface area contributed by atoms with Crippen LogP contribution in [-0.2, 0) is 9.53 Å². The van der Waals surface area contributed by atoms with Gasteiger partial charge < -0.3 is 15.0 Å². The second kappa shape index (κ2) is 8.94. The van der Waals surface area contributed by atoms with Crippen LogP contribution < -0.4 is 10.2 Å². The van der Waals surface area contributed by atoms with Gasteiger partial charge in [0.15, 0.2) is 0 Å². The molecule has 150 valence electrons. The van der Waals surface area contributed by atoms with Crippen molar-refractivity contribution in [3.63, 3.8) is 0 Å². The summed E-state index contributed by atoms with van der Waals surface area (Å²) in [7, 11) is 1.34. The van der Waals surface area contributed by atoms with Crippen molar-refractivity contribution >= 4 is 45.5 Å². The highest BCUT2D eigenvalue weighted by Crippen LogP contribution is 2.28. The average molecular weight is 422 g/mol. The Balaban J connectivity index is 1.56. The molecule has 28 heavy (non-hydrogen) atoms. The number of thiophene rings is 1. The molecule has 1 amide bonds. The first kappa shape index (κ1) is 20.6. The van der Waals surface area contributed by atoms with Crippen molar-refractivity contribution < 1.29 is 14.3 Å². The summed E-state index contributed by atoms with van der Waals surface area (Å²) in [6.07, 6.45) is 0. The van der Waals surface area contributed by atoms with Gasteiger partial charge in [0.25, 0.3) is 0 Å². The number of esters is 1. The number of hydrogen-bond donors (Lipinski definition) is 1. The Labute approximate surface area is 174 Å². The summed E-state index contributed by atoms with van der Waals surface area (Å²) < 4.78 is 4.78. The molecule has 1 aromatic heterocycles. The summed E-state index contributed by atoms with van der Waals surface area (Å²) in [5.41, 5.74) is 2.74. The van der Waals surface area contributed by atoms with Crippen LogP contribution >= 0.6 is 22.9 Å². The van der Waals surface area contributed by atoms with Crippen LogP contribution in [0.4, 0.5) is 10.7 Å². The molecule has 2 heterocycles. The zero-order valence-corrected chi connectivity index (χ0v) is 17.8. The lowest BCUT2D eigenvalue weighted by atomic mass is 10.1. The molecule has 0 unspecified atom stereocenters. The lowest BCUT2D eigenvalue weighted by Gasteiger charge is -2.36. The molecule has 1 aliphatic heterocycles. The molecule has 1 aliphatic rings. The Morgan fingerprint density at radius 2 is 1.89 bits per heavy atom. The summed E-state index contributed by atoms with van der Waals surface area (Å²) in [5.74, 6) is -0.565. The maximum absolute atomic E-state index is 12.5. The third-order valence-electron chi connectivity index (χ3n) is 4.76. The number of nitrogens with zero attached hydrogens (tertiary/aromatic N) is 2. The molecule has 0 spiro atoms. The number of ether oxygens (including phenoxy) is 1. The Kier molecular flexibility index (Phi) is 6.59. The summed E-state index contributed by atoms with van der Waals surface area (Å²) in [5, 5.41) is 4.13. The summed E-state index contributed by atoms with van der Waals surface area (Å²) in [6.45, 7) is 7.50. The van der Waals surface area contributed by atoms with E-state index in [1.807, 2.05) is 25.1 Å². The zero-order valence-electron chi connectivity index (χ0n) is 16.3. The number of anilines is 2. The van der Waals surface area contributed by atoms with E-state index in [0.717, 1.165) is 41.8 Å². The number of hydrogen-bond acceptors (Lipinski definition) is 6. The minimum absolute atomic E-state index is 0.126. The molecule has 0 radical (unpaired) electrons. The van der Waals surface area contributed by atoms with Gasteiger partial charge in [0.05, 0.1) is 19.2 Å². The fourth-order valence-electron chi connectivity index (χ4n) is 3.31. The first-order chi connectivity index (χ1) is 13.4. The Bertz CT molecular complexity index is 876. The maximum Gasteiger partial charge on any atom is 0.340 e. The van der Waals surface area contributed by atoms with Crippen molar-refractivity contribution in [2.75, 3.05) is 50.1 Å². The SMILES string of the molecule is COC(=O)c1cc(C)sc1NC(=O)CN1CCN(c2cc(Cl)ccc2C)CC1. The van der Waals surface area contributed by atoms with Gasteiger partial charge in [0, 0.05) is 41.8 Å². The number of rotatable bonds is 5. The monoisotopic (exact) mass is 421 g/mol. The van der Waals surface area contributed by atoms with Crippen LogP contribution in [-0.4, -0.2) is 56.6 Å². The molecule has 3 rings (SSSR count). The predicted octanol–water partition coefficient (Wildman–Crippen LogP) is 3.57. The summed E-state index contributed by atoms with van der Waals surface area (Å²) in [6, 6.07) is 7.65. The number of piperazine rings is 1. The highest BCUT2D eigenvalue weighted by Gasteiger charge is 2.22. The van der Waals surface area contributed by atoms with Gasteiger partial charge in [-0.15, -0.1) is 11.3 Å². The van der Waals surface area contributed by atoms with E-state index in [-0.39, 0.29) is 5.91 Å². The minimum atomic E-state index is -0.440. The van der Waals surface area contributed by atoms with Crippen molar-refractivity contribution in [2.24, 2.45) is 0 Å². The quantitative estimate of drug-likeness (QED) is 0.748. The highest BCUT2D eigenvalue weighted by atomic mass is 35.5. The van der Waals surface area contributed by atoms with Gasteiger partial charge in [-0.1, -0.05) is 17.7 Å². The van der Waals surface area contributed by atoms with E-state index in [0.29, 0.717) is 17.1 Å². The zero-order chi connectivity index (χ0) is 20.3. The van der Waals surface area contributed by atoms with Crippen LogP contribution in [0, 0.1) is 13.8 Å². The van der Waals surface area contributed by atoms with Crippen LogP contribution in [0.5, 0.6) is 0 Å². The van der Waals surface area contributed by atoms with Gasteiger partial charge in [0.2, 0.25) is 5.91 Å². The van der Waals surface area contributed by atoms with Crippen LogP contribution in [0.2, 0.25) is 5.02 Å². The fraction of sp³-hybridized carbons (Fsp3) is 0.400. The van der Waals surface area contributed by atoms with E-state index in [2.05, 4.69) is 22.0 Å². The number of benzene rings is 1. The Hall–Kier alpha value is -2.09. The molecule has 0 bridgehead atoms. The lowest BCUT2D eigenvalue weighted by molar-refractivity contribution is -0.117. The number of methoxy groups -OCH3 is 1. The first-order valence-electron chi connectivity index (χ1n) is 9.09. The van der Waals surface area contributed by atoms with Crippen LogP contribution in [0.25, 0.3) is 0 Å². The Morgan fingerprint density at radius 3 is 2.57 bits per heavy atom. The van der Waals surface area contributed by atoms with Crippen LogP contribution in [0.3, 0.4) is 0 Å². The molecule has 1 aromatic carbocycles. The Morgan fingerprint density at radius 1 is 1.18 bits per heavy atom. The molecule has 1 N–H and O–H groups in total. The highest BCUT2D eigenvalue weighted by molar-refractivity contribution is 7.16. The molecule has 8 heteroatoms. The molecule has 0 saturated carbocycles. The molecule has 1 fully saturated rings. The number of amides is 1. The molecular formula is C20H24ClN3O3S. The van der Waals surface area contributed by atoms with Crippen LogP contribution in [0.15, 0.2) is 24.3 Å². The van der Waals surface area contributed by atoms with E-state index in [4.69, 9.17) is 16.3 Å². The largest absolute Gasteiger partial charge is 0.465 e. The number of carbonyl (C=O) groups excluding carboxylic acids is 2. The third kappa shape index (κ3) is 4.84. The molecular weight excluding hydrogens is 398 g/mol. The van der Waals surface area contributed by atoms with Crippen molar-refractivity contribution in [1.82, 2.24) is 4.90 Å². The number of carbonyl (C=O) groups is 2. The predicted molar refractivity (Wildman–Crippen MR) is 114 cm³/mol.